The molecule has 1 aromatic rings. The van der Waals surface area contributed by atoms with Crippen molar-refractivity contribution in [2.75, 3.05) is 11.4 Å². The minimum Gasteiger partial charge on any atom is -0.368 e. The van der Waals surface area contributed by atoms with E-state index in [1.54, 1.807) is 0 Å². The average molecular weight is 243 g/mol. The van der Waals surface area contributed by atoms with Gasteiger partial charge in [-0.25, -0.2) is 0 Å². The van der Waals surface area contributed by atoms with E-state index < -0.39 is 5.72 Å². The van der Waals surface area contributed by atoms with E-state index in [0.29, 0.717) is 0 Å². The van der Waals surface area contributed by atoms with Crippen molar-refractivity contribution in [2.24, 2.45) is 0 Å². The quantitative estimate of drug-likeness (QED) is 0.817. The second kappa shape index (κ2) is 4.62. The third-order valence-corrected chi connectivity index (χ3v) is 3.36. The van der Waals surface area contributed by atoms with Gasteiger partial charge >= 0.3 is 0 Å². The Bertz CT molecular complexity index is 480. The first kappa shape index (κ1) is 12.9. The molecule has 0 aliphatic carbocycles. The number of nitrogens with zero attached hydrogens (tertiary/aromatic N) is 1. The lowest BCUT2D eigenvalue weighted by Crippen LogP contribution is -2.45. The molecule has 1 N–H and O–H groups in total. The molecule has 1 aliphatic heterocycles. The zero-order chi connectivity index (χ0) is 13.3. The van der Waals surface area contributed by atoms with Crippen LogP contribution < -0.4 is 4.90 Å². The Balaban J connectivity index is 2.42. The summed E-state index contributed by atoms with van der Waals surface area (Å²) in [6.07, 6.45) is 4.61. The topological polar surface area (TPSA) is 23.5 Å². The summed E-state index contributed by atoms with van der Waals surface area (Å²) in [7, 11) is 0. The second-order valence-corrected chi connectivity index (χ2v) is 5.33. The lowest BCUT2D eigenvalue weighted by atomic mass is 10.1. The van der Waals surface area contributed by atoms with Gasteiger partial charge in [0.05, 0.1) is 0 Å². The van der Waals surface area contributed by atoms with E-state index in [-0.39, 0.29) is 0 Å². The molecule has 1 atom stereocenters. The molecular weight excluding hydrogens is 222 g/mol. The van der Waals surface area contributed by atoms with Crippen molar-refractivity contribution in [2.45, 2.75) is 32.9 Å². The average Bonchev–Trinajstić information content (AvgIpc) is 2.37. The van der Waals surface area contributed by atoms with Gasteiger partial charge in [0.1, 0.15) is 0 Å². The predicted molar refractivity (Wildman–Crippen MR) is 76.8 cm³/mol. The predicted octanol–water partition coefficient (Wildman–Crippen LogP) is 3.33. The summed E-state index contributed by atoms with van der Waals surface area (Å²) in [5, 5.41) is 10.6. The van der Waals surface area contributed by atoms with Gasteiger partial charge in [-0.15, -0.1) is 0 Å². The third kappa shape index (κ3) is 2.65. The van der Waals surface area contributed by atoms with Crippen LogP contribution in [0.25, 0.3) is 0 Å². The second-order valence-electron chi connectivity index (χ2n) is 5.33. The van der Waals surface area contributed by atoms with Crippen molar-refractivity contribution in [1.29, 1.82) is 0 Å². The van der Waals surface area contributed by atoms with Crippen LogP contribution in [0.5, 0.6) is 0 Å². The molecule has 0 bridgehead atoms. The van der Waals surface area contributed by atoms with E-state index in [1.165, 1.54) is 11.1 Å². The summed E-state index contributed by atoms with van der Waals surface area (Å²) in [6, 6.07) is 6.37. The van der Waals surface area contributed by atoms with Crippen LogP contribution in [-0.2, 0) is 0 Å². The molecule has 1 heterocycles. The smallest absolute Gasteiger partial charge is 0.154 e. The summed E-state index contributed by atoms with van der Waals surface area (Å²) in [4.78, 5) is 2.03. The summed E-state index contributed by atoms with van der Waals surface area (Å²) < 4.78 is 0. The Kier molecular flexibility index (Phi) is 3.31. The standard InChI is InChI=1S/C16H21NO/c1-12-5-7-16(4,18)17(8-6-12)15-10-13(2)9-14(3)11-15/h5,7,9-11,18H,1,6,8H2,2-4H3. The van der Waals surface area contributed by atoms with E-state index in [4.69, 9.17) is 0 Å². The lowest BCUT2D eigenvalue weighted by molar-refractivity contribution is 0.108. The zero-order valence-corrected chi connectivity index (χ0v) is 11.4. The van der Waals surface area contributed by atoms with Gasteiger partial charge in [0.15, 0.2) is 5.72 Å². The fraction of sp³-hybridized carbons (Fsp3) is 0.375. The molecule has 2 nitrogen and oxygen atoms in total. The molecule has 0 fully saturated rings. The Morgan fingerprint density at radius 1 is 1.22 bits per heavy atom. The van der Waals surface area contributed by atoms with E-state index in [2.05, 4.69) is 38.6 Å². The first-order valence-electron chi connectivity index (χ1n) is 6.34. The number of hydrogen-bond acceptors (Lipinski definition) is 2. The Hall–Kier alpha value is -1.54. The number of aliphatic hydroxyl groups is 1. The maximum Gasteiger partial charge on any atom is 0.154 e. The number of hydrogen-bond donors (Lipinski definition) is 1. The molecule has 18 heavy (non-hydrogen) atoms. The van der Waals surface area contributed by atoms with Gasteiger partial charge in [-0.3, -0.25) is 0 Å². The first-order chi connectivity index (χ1) is 8.38. The zero-order valence-electron chi connectivity index (χ0n) is 11.4. The summed E-state index contributed by atoms with van der Waals surface area (Å²) in [6.45, 7) is 10.7. The first-order valence-corrected chi connectivity index (χ1v) is 6.34. The van der Waals surface area contributed by atoms with Crippen molar-refractivity contribution in [3.63, 3.8) is 0 Å². The van der Waals surface area contributed by atoms with Gasteiger partial charge in [-0.1, -0.05) is 24.3 Å². The molecule has 0 spiro atoms. The molecular formula is C16H21NO. The van der Waals surface area contributed by atoms with Crippen LogP contribution in [0.1, 0.15) is 24.5 Å². The minimum atomic E-state index is -0.959. The molecule has 0 aromatic heterocycles. The van der Waals surface area contributed by atoms with Crippen LogP contribution in [0.3, 0.4) is 0 Å². The largest absolute Gasteiger partial charge is 0.368 e. The normalized spacial score (nSPS) is 24.2. The van der Waals surface area contributed by atoms with Crippen molar-refractivity contribution in [1.82, 2.24) is 0 Å². The molecule has 0 radical (unpaired) electrons. The number of anilines is 1. The number of aryl methyl sites for hydroxylation is 2. The molecule has 0 amide bonds. The van der Waals surface area contributed by atoms with E-state index >= 15 is 0 Å². The minimum absolute atomic E-state index is 0.779. The van der Waals surface area contributed by atoms with E-state index in [0.717, 1.165) is 24.2 Å². The van der Waals surface area contributed by atoms with Crippen molar-refractivity contribution in [3.8, 4) is 0 Å². The number of rotatable bonds is 1. The highest BCUT2D eigenvalue weighted by molar-refractivity contribution is 5.54. The van der Waals surface area contributed by atoms with Crippen LogP contribution in [0.15, 0.2) is 42.5 Å². The molecule has 1 unspecified atom stereocenters. The van der Waals surface area contributed by atoms with E-state index in [1.807, 2.05) is 24.0 Å². The molecule has 2 heteroatoms. The fourth-order valence-corrected chi connectivity index (χ4v) is 2.43. The van der Waals surface area contributed by atoms with Crippen LogP contribution in [0, 0.1) is 13.8 Å². The highest BCUT2D eigenvalue weighted by Crippen LogP contribution is 2.29. The van der Waals surface area contributed by atoms with Gasteiger partial charge in [-0.2, -0.15) is 0 Å². The van der Waals surface area contributed by atoms with Gasteiger partial charge in [0.25, 0.3) is 0 Å². The van der Waals surface area contributed by atoms with Gasteiger partial charge in [0, 0.05) is 12.2 Å². The molecule has 1 aliphatic rings. The Labute approximate surface area is 109 Å². The Morgan fingerprint density at radius 3 is 2.44 bits per heavy atom. The monoisotopic (exact) mass is 243 g/mol. The van der Waals surface area contributed by atoms with Gasteiger partial charge < -0.3 is 10.0 Å². The number of allylic oxidation sites excluding steroid dienone is 1. The summed E-state index contributed by atoms with van der Waals surface area (Å²) in [5.74, 6) is 0. The van der Waals surface area contributed by atoms with Crippen molar-refractivity contribution in [3.05, 3.63) is 53.6 Å². The van der Waals surface area contributed by atoms with Gasteiger partial charge in [0.2, 0.25) is 0 Å². The maximum atomic E-state index is 10.6. The lowest BCUT2D eigenvalue weighted by Gasteiger charge is -2.36. The molecule has 96 valence electrons. The van der Waals surface area contributed by atoms with Crippen molar-refractivity contribution >= 4 is 5.69 Å². The van der Waals surface area contributed by atoms with Crippen LogP contribution in [-0.4, -0.2) is 17.4 Å². The number of benzene rings is 1. The van der Waals surface area contributed by atoms with Crippen LogP contribution in [0.4, 0.5) is 5.69 Å². The summed E-state index contributed by atoms with van der Waals surface area (Å²) >= 11 is 0. The summed E-state index contributed by atoms with van der Waals surface area (Å²) in [5.41, 5.74) is 3.60. The highest BCUT2D eigenvalue weighted by atomic mass is 16.3. The Morgan fingerprint density at radius 2 is 1.83 bits per heavy atom. The maximum absolute atomic E-state index is 10.6. The molecule has 0 saturated carbocycles. The molecule has 1 aromatic carbocycles. The third-order valence-electron chi connectivity index (χ3n) is 3.36. The van der Waals surface area contributed by atoms with Gasteiger partial charge in [-0.05, 0) is 56.5 Å². The fourth-order valence-electron chi connectivity index (χ4n) is 2.43. The van der Waals surface area contributed by atoms with Crippen molar-refractivity contribution < 1.29 is 5.11 Å². The highest BCUT2D eigenvalue weighted by Gasteiger charge is 2.28. The van der Waals surface area contributed by atoms with Crippen LogP contribution in [0.2, 0.25) is 0 Å². The molecule has 0 saturated heterocycles. The molecule has 2 rings (SSSR count). The van der Waals surface area contributed by atoms with E-state index in [9.17, 15) is 5.11 Å². The SMILES string of the molecule is C=C1C=CC(C)(O)N(c2cc(C)cc(C)c2)CC1. The van der Waals surface area contributed by atoms with Crippen LogP contribution >= 0.6 is 0 Å².